The molecule has 0 saturated heterocycles. The average molecular weight is 488 g/mol. The average Bonchev–Trinajstić information content (AvgIpc) is 2.83. The molecule has 4 rings (SSSR count). The molecule has 1 saturated carbocycles. The van der Waals surface area contributed by atoms with Crippen LogP contribution in [0.2, 0.25) is 5.02 Å². The Labute approximate surface area is 201 Å². The third-order valence-corrected chi connectivity index (χ3v) is 6.68. The number of aromatic carboxylic acids is 1. The fourth-order valence-electron chi connectivity index (χ4n) is 4.67. The van der Waals surface area contributed by atoms with Crippen molar-refractivity contribution in [2.24, 2.45) is 5.92 Å². The number of hydrogen-bond acceptors (Lipinski definition) is 4. The maximum Gasteiger partial charge on any atom is 0.341 e. The maximum absolute atomic E-state index is 14.6. The number of ether oxygens (including phenoxy) is 1. The van der Waals surface area contributed by atoms with E-state index in [1.54, 1.807) is 28.8 Å². The zero-order chi connectivity index (χ0) is 24.2. The lowest BCUT2D eigenvalue weighted by atomic mass is 9.90. The summed E-state index contributed by atoms with van der Waals surface area (Å²) in [6, 6.07) is 8.07. The van der Waals surface area contributed by atoms with Gasteiger partial charge in [-0.15, -0.1) is 0 Å². The van der Waals surface area contributed by atoms with E-state index in [9.17, 15) is 24.2 Å². The van der Waals surface area contributed by atoms with Crippen LogP contribution in [-0.4, -0.2) is 34.0 Å². The summed E-state index contributed by atoms with van der Waals surface area (Å²) in [6.45, 7) is 0.325. The predicted molar refractivity (Wildman–Crippen MR) is 129 cm³/mol. The molecule has 0 aliphatic heterocycles. The lowest BCUT2D eigenvalue weighted by molar-refractivity contribution is 0.0694. The minimum Gasteiger partial charge on any atom is -0.491 e. The lowest BCUT2D eigenvalue weighted by Crippen LogP contribution is -2.21. The monoisotopic (exact) mass is 487 g/mol. The van der Waals surface area contributed by atoms with Gasteiger partial charge in [-0.05, 0) is 48.1 Å². The Kier molecular flexibility index (Phi) is 7.54. The van der Waals surface area contributed by atoms with Gasteiger partial charge in [-0.2, -0.15) is 0 Å². The molecule has 0 radical (unpaired) electrons. The molecule has 1 heterocycles. The van der Waals surface area contributed by atoms with Crippen LogP contribution in [0.1, 0.15) is 53.6 Å². The molecule has 6 nitrogen and oxygen atoms in total. The predicted octanol–water partition coefficient (Wildman–Crippen LogP) is 5.03. The molecule has 0 unspecified atom stereocenters. The summed E-state index contributed by atoms with van der Waals surface area (Å²) in [5, 5.41) is 19.3. The van der Waals surface area contributed by atoms with Crippen LogP contribution < -0.4 is 10.2 Å². The summed E-state index contributed by atoms with van der Waals surface area (Å²) in [6.07, 6.45) is 7.05. The number of pyridine rings is 1. The van der Waals surface area contributed by atoms with Crippen LogP contribution in [0.4, 0.5) is 4.39 Å². The Hall–Kier alpha value is -2.90. The smallest absolute Gasteiger partial charge is 0.341 e. The van der Waals surface area contributed by atoms with Crippen molar-refractivity contribution in [2.45, 2.75) is 45.1 Å². The Morgan fingerprint density at radius 1 is 1.21 bits per heavy atom. The summed E-state index contributed by atoms with van der Waals surface area (Å²) in [5.74, 6) is -1.07. The topological polar surface area (TPSA) is 88.8 Å². The molecule has 1 aromatic heterocycles. The number of halogens is 2. The Balaban J connectivity index is 1.85. The highest BCUT2D eigenvalue weighted by atomic mass is 35.5. The number of aromatic nitrogens is 1. The number of benzene rings is 2. The molecule has 34 heavy (non-hydrogen) atoms. The Morgan fingerprint density at radius 3 is 2.68 bits per heavy atom. The van der Waals surface area contributed by atoms with Crippen molar-refractivity contribution in [3.05, 3.63) is 74.3 Å². The summed E-state index contributed by atoms with van der Waals surface area (Å²) >= 11 is 5.94. The molecule has 0 amide bonds. The summed E-state index contributed by atoms with van der Waals surface area (Å²) in [5.41, 5.74) is 0.339. The number of carboxylic acids is 1. The standard InChI is InChI=1S/C26H27ClFNO5/c27-21-8-4-7-18(23(21)28)11-17-12-19-24(22(13-17)34-15-16-5-2-1-3-6-16)29(9-10-30)14-20(25(19)31)26(32)33/h4,7-8,12-14,16,30H,1-3,5-6,9-11,15H2,(H,32,33). The molecule has 1 aliphatic carbocycles. The molecule has 0 atom stereocenters. The molecule has 1 fully saturated rings. The third kappa shape index (κ3) is 5.10. The zero-order valence-electron chi connectivity index (χ0n) is 18.7. The highest BCUT2D eigenvalue weighted by Gasteiger charge is 2.21. The number of hydrogen-bond donors (Lipinski definition) is 2. The first-order valence-electron chi connectivity index (χ1n) is 11.5. The Bertz CT molecular complexity index is 1270. The van der Waals surface area contributed by atoms with Crippen LogP contribution in [0.25, 0.3) is 10.9 Å². The van der Waals surface area contributed by atoms with Crippen LogP contribution >= 0.6 is 11.6 Å². The highest BCUT2D eigenvalue weighted by Crippen LogP contribution is 2.31. The van der Waals surface area contributed by atoms with E-state index in [4.69, 9.17) is 16.3 Å². The summed E-state index contributed by atoms with van der Waals surface area (Å²) in [4.78, 5) is 24.8. The molecular formula is C26H27ClFNO5. The maximum atomic E-state index is 14.6. The van der Waals surface area contributed by atoms with Crippen molar-refractivity contribution in [3.63, 3.8) is 0 Å². The van der Waals surface area contributed by atoms with Gasteiger partial charge in [0.05, 0.1) is 29.1 Å². The fourth-order valence-corrected chi connectivity index (χ4v) is 4.87. The summed E-state index contributed by atoms with van der Waals surface area (Å²) < 4.78 is 22.3. The van der Waals surface area contributed by atoms with Crippen LogP contribution in [-0.2, 0) is 13.0 Å². The molecule has 2 aromatic carbocycles. The van der Waals surface area contributed by atoms with E-state index in [1.807, 2.05) is 0 Å². The first kappa shape index (κ1) is 24.2. The number of aliphatic hydroxyl groups is 1. The normalized spacial score (nSPS) is 14.4. The molecule has 2 N–H and O–H groups in total. The summed E-state index contributed by atoms with van der Waals surface area (Å²) in [7, 11) is 0. The van der Waals surface area contributed by atoms with Crippen LogP contribution in [0.5, 0.6) is 5.75 Å². The van der Waals surface area contributed by atoms with Crippen molar-refractivity contribution >= 4 is 28.5 Å². The number of carbonyl (C=O) groups is 1. The number of fused-ring (bicyclic) bond motifs is 1. The van der Waals surface area contributed by atoms with Crippen LogP contribution in [0, 0.1) is 11.7 Å². The second-order valence-corrected chi connectivity index (χ2v) is 9.20. The van der Waals surface area contributed by atoms with Crippen LogP contribution in [0.15, 0.2) is 41.3 Å². The van der Waals surface area contributed by atoms with Gasteiger partial charge in [0, 0.05) is 19.2 Å². The molecule has 8 heteroatoms. The van der Waals surface area contributed by atoms with Gasteiger partial charge in [0.2, 0.25) is 5.43 Å². The molecule has 1 aliphatic rings. The van der Waals surface area contributed by atoms with Crippen molar-refractivity contribution in [1.29, 1.82) is 0 Å². The van der Waals surface area contributed by atoms with Crippen molar-refractivity contribution < 1.29 is 24.1 Å². The van der Waals surface area contributed by atoms with E-state index in [-0.39, 0.29) is 30.0 Å². The quantitative estimate of drug-likeness (QED) is 0.465. The molecule has 0 bridgehead atoms. The molecule has 180 valence electrons. The van der Waals surface area contributed by atoms with Gasteiger partial charge in [-0.3, -0.25) is 4.79 Å². The van der Waals surface area contributed by atoms with Crippen molar-refractivity contribution in [1.82, 2.24) is 4.57 Å². The lowest BCUT2D eigenvalue weighted by Gasteiger charge is -2.23. The Morgan fingerprint density at radius 2 is 1.97 bits per heavy atom. The van der Waals surface area contributed by atoms with Gasteiger partial charge >= 0.3 is 5.97 Å². The molecular weight excluding hydrogens is 461 g/mol. The van der Waals surface area contributed by atoms with E-state index >= 15 is 0 Å². The highest BCUT2D eigenvalue weighted by molar-refractivity contribution is 6.30. The minimum atomic E-state index is -1.35. The molecule has 3 aromatic rings. The van der Waals surface area contributed by atoms with Crippen LogP contribution in [0.3, 0.4) is 0 Å². The van der Waals surface area contributed by atoms with Gasteiger partial charge in [0.15, 0.2) is 0 Å². The van der Waals surface area contributed by atoms with E-state index < -0.39 is 22.8 Å². The van der Waals surface area contributed by atoms with Gasteiger partial charge in [0.25, 0.3) is 0 Å². The van der Waals surface area contributed by atoms with E-state index in [2.05, 4.69) is 0 Å². The van der Waals surface area contributed by atoms with Crippen molar-refractivity contribution in [2.75, 3.05) is 13.2 Å². The van der Waals surface area contributed by atoms with Gasteiger partial charge in [0.1, 0.15) is 17.1 Å². The molecule has 0 spiro atoms. The van der Waals surface area contributed by atoms with Crippen molar-refractivity contribution in [3.8, 4) is 5.75 Å². The second-order valence-electron chi connectivity index (χ2n) is 8.79. The number of rotatable bonds is 8. The SMILES string of the molecule is O=C(O)c1cn(CCO)c2c(OCC3CCCCC3)cc(Cc3cccc(Cl)c3F)cc2c1=O. The first-order valence-corrected chi connectivity index (χ1v) is 11.9. The van der Waals surface area contributed by atoms with Gasteiger partial charge < -0.3 is 19.5 Å². The minimum absolute atomic E-state index is 0.00512. The zero-order valence-corrected chi connectivity index (χ0v) is 19.5. The number of nitrogens with zero attached hydrogens (tertiary/aromatic N) is 1. The number of aliphatic hydroxyl groups excluding tert-OH is 1. The van der Waals surface area contributed by atoms with E-state index in [0.717, 1.165) is 25.7 Å². The largest absolute Gasteiger partial charge is 0.491 e. The fraction of sp³-hybridized carbons (Fsp3) is 0.385. The van der Waals surface area contributed by atoms with Gasteiger partial charge in [-0.25, -0.2) is 9.18 Å². The van der Waals surface area contributed by atoms with E-state index in [1.165, 1.54) is 18.7 Å². The third-order valence-electron chi connectivity index (χ3n) is 6.39. The first-order chi connectivity index (χ1) is 16.4. The van der Waals surface area contributed by atoms with Gasteiger partial charge in [-0.1, -0.05) is 43.0 Å². The second kappa shape index (κ2) is 10.6. The number of carboxylic acid groups (broad SMARTS) is 1. The van der Waals surface area contributed by atoms with E-state index in [0.29, 0.717) is 34.9 Å².